The van der Waals surface area contributed by atoms with Crippen LogP contribution in [0.5, 0.6) is 0 Å². The lowest BCUT2D eigenvalue weighted by molar-refractivity contribution is 0.733. The summed E-state index contributed by atoms with van der Waals surface area (Å²) in [4.78, 5) is 15.8. The minimum absolute atomic E-state index is 0.0239. The summed E-state index contributed by atoms with van der Waals surface area (Å²) in [5.41, 5.74) is 13.4. The first-order chi connectivity index (χ1) is 23.3. The molecule has 4 nitrogen and oxygen atoms in total. The maximum atomic E-state index is 5.32. The van der Waals surface area contributed by atoms with E-state index in [-0.39, 0.29) is 5.92 Å². The van der Waals surface area contributed by atoms with Crippen LogP contribution in [-0.4, -0.2) is 19.4 Å². The lowest BCUT2D eigenvalue weighted by atomic mass is 9.77. The molecule has 1 unspecified atom stereocenters. The summed E-state index contributed by atoms with van der Waals surface area (Å²) in [6.45, 7) is 0. The van der Waals surface area contributed by atoms with E-state index in [4.69, 9.17) is 15.0 Å². The van der Waals surface area contributed by atoms with E-state index in [0.717, 1.165) is 62.3 Å². The third-order valence-corrected chi connectivity index (χ3v) is 9.73. The molecule has 1 aliphatic carbocycles. The topological polar surface area (TPSA) is 43.1 Å². The Labute approximate surface area is 271 Å². The number of nitrogens with zero attached hydrogens (tertiary/aromatic N) is 4. The van der Waals surface area contributed by atoms with E-state index in [1.807, 2.05) is 12.1 Å². The van der Waals surface area contributed by atoms with Crippen LogP contribution in [-0.2, 0) is 6.42 Å². The maximum Gasteiger partial charge on any atom is 0.146 e. The Morgan fingerprint density at radius 3 is 1.89 bits per heavy atom. The molecule has 1 atom stereocenters. The Morgan fingerprint density at radius 2 is 1.13 bits per heavy atom. The van der Waals surface area contributed by atoms with Gasteiger partial charge in [0, 0.05) is 27.8 Å². The van der Waals surface area contributed by atoms with Gasteiger partial charge in [0.1, 0.15) is 11.5 Å². The van der Waals surface area contributed by atoms with E-state index in [1.165, 1.54) is 33.0 Å². The summed E-state index contributed by atoms with van der Waals surface area (Å²) in [6.07, 6.45) is 0.828. The first-order valence-corrected chi connectivity index (χ1v) is 16.1. The first-order valence-electron chi connectivity index (χ1n) is 16.1. The second-order valence-electron chi connectivity index (χ2n) is 12.4. The van der Waals surface area contributed by atoms with Crippen molar-refractivity contribution in [1.29, 1.82) is 0 Å². The predicted molar refractivity (Wildman–Crippen MR) is 192 cm³/mol. The number of hydrogen-bond donors (Lipinski definition) is 0. The van der Waals surface area contributed by atoms with Gasteiger partial charge in [-0.1, -0.05) is 115 Å². The summed E-state index contributed by atoms with van der Waals surface area (Å²) in [5, 5.41) is 3.56. The lowest BCUT2D eigenvalue weighted by Crippen LogP contribution is -2.16. The van der Waals surface area contributed by atoms with E-state index in [1.54, 1.807) is 0 Å². The van der Waals surface area contributed by atoms with Crippen LogP contribution in [0, 0.1) is 0 Å². The van der Waals surface area contributed by atoms with Crippen LogP contribution in [0.1, 0.15) is 22.9 Å². The van der Waals surface area contributed by atoms with Gasteiger partial charge in [-0.05, 0) is 70.5 Å². The number of hydrogen-bond acceptors (Lipinski definition) is 3. The molecule has 0 saturated carbocycles. The molecule has 0 radical (unpaired) electrons. The summed E-state index contributed by atoms with van der Waals surface area (Å²) < 4.78 is 2.32. The average Bonchev–Trinajstić information content (AvgIpc) is 3.55. The zero-order valence-corrected chi connectivity index (χ0v) is 25.5. The van der Waals surface area contributed by atoms with Crippen LogP contribution in [0.3, 0.4) is 0 Å². The molecule has 0 bridgehead atoms. The number of pyridine rings is 1. The highest BCUT2D eigenvalue weighted by atomic mass is 15.0. The molecule has 220 valence electrons. The van der Waals surface area contributed by atoms with E-state index < -0.39 is 0 Å². The molecule has 47 heavy (non-hydrogen) atoms. The van der Waals surface area contributed by atoms with Crippen molar-refractivity contribution in [1.82, 2.24) is 19.4 Å². The molecule has 3 heterocycles. The fourth-order valence-electron chi connectivity index (χ4n) is 7.55. The molecular formula is C43H28N4. The molecule has 6 aromatic carbocycles. The van der Waals surface area contributed by atoms with E-state index in [2.05, 4.69) is 144 Å². The molecule has 0 saturated heterocycles. The van der Waals surface area contributed by atoms with Crippen molar-refractivity contribution in [3.63, 3.8) is 0 Å². The fourth-order valence-corrected chi connectivity index (χ4v) is 7.55. The number of aromatic nitrogens is 4. The number of fused-ring (bicyclic) bond motifs is 11. The van der Waals surface area contributed by atoms with Crippen LogP contribution in [0.15, 0.2) is 152 Å². The molecule has 0 fully saturated rings. The van der Waals surface area contributed by atoms with Crippen molar-refractivity contribution in [2.24, 2.45) is 0 Å². The van der Waals surface area contributed by atoms with Crippen molar-refractivity contribution in [3.8, 4) is 33.6 Å². The van der Waals surface area contributed by atoms with E-state index in [9.17, 15) is 0 Å². The summed E-state index contributed by atoms with van der Waals surface area (Å²) in [6, 6.07) is 53.8. The molecule has 0 N–H and O–H groups in total. The third-order valence-electron chi connectivity index (χ3n) is 9.73. The van der Waals surface area contributed by atoms with Gasteiger partial charge < -0.3 is 0 Å². The van der Waals surface area contributed by atoms with Gasteiger partial charge in [-0.25, -0.2) is 15.0 Å². The molecular weight excluding hydrogens is 573 g/mol. The Bertz CT molecular complexity index is 2600. The SMILES string of the molecule is c1ccc(-c2cc(-c3ccccc3)nc(C3Cc4ccccc4-c4cc5c(cc43)c3ccccc3n3c4ccccc4nc53)n2)cc1. The van der Waals surface area contributed by atoms with E-state index >= 15 is 0 Å². The van der Waals surface area contributed by atoms with Crippen molar-refractivity contribution in [2.75, 3.05) is 0 Å². The average molecular weight is 601 g/mol. The predicted octanol–water partition coefficient (Wildman–Crippen LogP) is 10.3. The molecule has 9 aromatic rings. The molecule has 4 heteroatoms. The number of rotatable bonds is 3. The highest BCUT2D eigenvalue weighted by Crippen LogP contribution is 2.46. The first kappa shape index (κ1) is 26.1. The van der Waals surface area contributed by atoms with Gasteiger partial charge in [-0.15, -0.1) is 0 Å². The Hall–Kier alpha value is -6.13. The zero-order valence-electron chi connectivity index (χ0n) is 25.5. The Morgan fingerprint density at radius 1 is 0.489 bits per heavy atom. The third kappa shape index (κ3) is 4.05. The van der Waals surface area contributed by atoms with Crippen LogP contribution >= 0.6 is 0 Å². The van der Waals surface area contributed by atoms with Gasteiger partial charge >= 0.3 is 0 Å². The Kier molecular flexibility index (Phi) is 5.67. The van der Waals surface area contributed by atoms with Gasteiger partial charge in [-0.3, -0.25) is 4.40 Å². The fraction of sp³-hybridized carbons (Fsp3) is 0.0465. The standard InChI is InChI=1S/C43H28N4/c1-3-13-27(14-4-1)38-26-39(28-15-5-2-6-16-28)45-42(44-38)35-23-29-17-7-8-18-30(29)32-25-36-33(24-34(32)35)31-19-9-11-21-40(31)47-41-22-12-10-20-37(41)46-43(36)47/h1-22,24-26,35H,23H2. The second kappa shape index (κ2) is 10.2. The highest BCUT2D eigenvalue weighted by Gasteiger charge is 2.30. The minimum Gasteiger partial charge on any atom is -0.292 e. The van der Waals surface area contributed by atoms with Gasteiger partial charge in [0.15, 0.2) is 0 Å². The quantitative estimate of drug-likeness (QED) is 0.190. The van der Waals surface area contributed by atoms with Crippen LogP contribution in [0.2, 0.25) is 0 Å². The molecule has 0 amide bonds. The minimum atomic E-state index is -0.0239. The summed E-state index contributed by atoms with van der Waals surface area (Å²) in [5.74, 6) is 0.821. The van der Waals surface area contributed by atoms with Crippen LogP contribution in [0.4, 0.5) is 0 Å². The summed E-state index contributed by atoms with van der Waals surface area (Å²) >= 11 is 0. The Balaban J connectivity index is 1.29. The second-order valence-corrected chi connectivity index (χ2v) is 12.4. The van der Waals surface area contributed by atoms with Crippen LogP contribution in [0.25, 0.3) is 72.0 Å². The van der Waals surface area contributed by atoms with Crippen LogP contribution < -0.4 is 0 Å². The molecule has 10 rings (SSSR count). The number of imidazole rings is 1. The van der Waals surface area contributed by atoms with Crippen molar-refractivity contribution in [2.45, 2.75) is 12.3 Å². The van der Waals surface area contributed by atoms with Gasteiger partial charge in [0.05, 0.1) is 27.9 Å². The zero-order chi connectivity index (χ0) is 30.9. The number of benzene rings is 6. The van der Waals surface area contributed by atoms with Gasteiger partial charge in [0.25, 0.3) is 0 Å². The molecule has 0 aliphatic heterocycles. The molecule has 0 spiro atoms. The maximum absolute atomic E-state index is 5.32. The van der Waals surface area contributed by atoms with E-state index in [0.29, 0.717) is 0 Å². The van der Waals surface area contributed by atoms with Crippen molar-refractivity contribution in [3.05, 3.63) is 169 Å². The van der Waals surface area contributed by atoms with Crippen molar-refractivity contribution < 1.29 is 0 Å². The smallest absolute Gasteiger partial charge is 0.146 e. The normalized spacial score (nSPS) is 14.1. The largest absolute Gasteiger partial charge is 0.292 e. The molecule has 1 aliphatic rings. The van der Waals surface area contributed by atoms with Gasteiger partial charge in [-0.2, -0.15) is 0 Å². The monoisotopic (exact) mass is 600 g/mol. The summed E-state index contributed by atoms with van der Waals surface area (Å²) in [7, 11) is 0. The number of para-hydroxylation sites is 3. The van der Waals surface area contributed by atoms with Gasteiger partial charge in [0.2, 0.25) is 0 Å². The highest BCUT2D eigenvalue weighted by molar-refractivity contribution is 6.15. The van der Waals surface area contributed by atoms with Crippen molar-refractivity contribution >= 4 is 38.4 Å². The molecule has 3 aromatic heterocycles. The lowest BCUT2D eigenvalue weighted by Gasteiger charge is -2.28.